The lowest BCUT2D eigenvalue weighted by Gasteiger charge is -1.95. The summed E-state index contributed by atoms with van der Waals surface area (Å²) in [7, 11) is -3.79. The molecular weight excluding hydrogens is 167 g/mol. The molecule has 1 radical (unpaired) electrons. The standard InChI is InChI=1S/C7H6FO2S/c8-6-11(9,10)7-4-2-1-3-5-7/h1-6H. The van der Waals surface area contributed by atoms with Crippen molar-refractivity contribution in [3.05, 3.63) is 36.3 Å². The molecule has 0 N–H and O–H groups in total. The molecule has 59 valence electrons. The summed E-state index contributed by atoms with van der Waals surface area (Å²) in [4.78, 5) is -0.0255. The van der Waals surface area contributed by atoms with Gasteiger partial charge >= 0.3 is 0 Å². The van der Waals surface area contributed by atoms with Crippen molar-refractivity contribution in [3.8, 4) is 0 Å². The van der Waals surface area contributed by atoms with E-state index in [9.17, 15) is 12.8 Å². The average Bonchev–Trinajstić information content (AvgIpc) is 2.06. The molecule has 1 aromatic carbocycles. The Kier molecular flexibility index (Phi) is 2.24. The lowest BCUT2D eigenvalue weighted by Crippen LogP contribution is -1.96. The van der Waals surface area contributed by atoms with Crippen LogP contribution in [0.1, 0.15) is 0 Å². The van der Waals surface area contributed by atoms with E-state index in [0.29, 0.717) is 0 Å². The molecule has 4 heteroatoms. The normalized spacial score (nSPS) is 11.4. The molecule has 11 heavy (non-hydrogen) atoms. The first-order chi connectivity index (χ1) is 5.17. The Hall–Kier alpha value is -0.900. The van der Waals surface area contributed by atoms with Gasteiger partial charge < -0.3 is 0 Å². The van der Waals surface area contributed by atoms with E-state index in [0.717, 1.165) is 0 Å². The van der Waals surface area contributed by atoms with Crippen LogP contribution in [0, 0.1) is 6.01 Å². The van der Waals surface area contributed by atoms with Crippen LogP contribution >= 0.6 is 0 Å². The van der Waals surface area contributed by atoms with Crippen LogP contribution in [0.4, 0.5) is 4.39 Å². The SMILES string of the molecule is O=S(=O)([CH]F)c1ccccc1. The maximum atomic E-state index is 11.7. The highest BCUT2D eigenvalue weighted by molar-refractivity contribution is 7.93. The van der Waals surface area contributed by atoms with Gasteiger partial charge in [-0.2, -0.15) is 0 Å². The summed E-state index contributed by atoms with van der Waals surface area (Å²) in [5, 5.41) is 0. The minimum Gasteiger partial charge on any atom is -0.225 e. The van der Waals surface area contributed by atoms with Crippen molar-refractivity contribution in [2.24, 2.45) is 0 Å². The second-order valence-electron chi connectivity index (χ2n) is 1.95. The van der Waals surface area contributed by atoms with Crippen molar-refractivity contribution in [1.29, 1.82) is 0 Å². The molecular formula is C7H6FO2S. The molecule has 2 nitrogen and oxygen atoms in total. The van der Waals surface area contributed by atoms with Crippen molar-refractivity contribution in [3.63, 3.8) is 0 Å². The van der Waals surface area contributed by atoms with Crippen molar-refractivity contribution < 1.29 is 12.8 Å². The smallest absolute Gasteiger partial charge is 0.225 e. The zero-order valence-corrected chi connectivity index (χ0v) is 6.38. The van der Waals surface area contributed by atoms with Crippen molar-refractivity contribution in [1.82, 2.24) is 0 Å². The fourth-order valence-corrected chi connectivity index (χ4v) is 1.30. The van der Waals surface area contributed by atoms with E-state index in [1.54, 1.807) is 6.07 Å². The van der Waals surface area contributed by atoms with Gasteiger partial charge in [0.05, 0.1) is 4.90 Å². The van der Waals surface area contributed by atoms with Crippen LogP contribution in [0.25, 0.3) is 0 Å². The molecule has 0 fully saturated rings. The molecule has 1 aromatic rings. The molecule has 0 bridgehead atoms. The Bertz CT molecular complexity index is 318. The Morgan fingerprint density at radius 3 is 2.18 bits per heavy atom. The number of rotatable bonds is 2. The van der Waals surface area contributed by atoms with Gasteiger partial charge in [0, 0.05) is 0 Å². The quantitative estimate of drug-likeness (QED) is 0.680. The predicted molar refractivity (Wildman–Crippen MR) is 39.0 cm³/mol. The van der Waals surface area contributed by atoms with Gasteiger partial charge in [-0.3, -0.25) is 0 Å². The number of benzene rings is 1. The lowest BCUT2D eigenvalue weighted by molar-refractivity contribution is 0.574. The number of hydrogen-bond acceptors (Lipinski definition) is 2. The van der Waals surface area contributed by atoms with E-state index in [-0.39, 0.29) is 10.9 Å². The highest BCUT2D eigenvalue weighted by Gasteiger charge is 2.12. The van der Waals surface area contributed by atoms with Crippen LogP contribution in [-0.2, 0) is 9.84 Å². The Morgan fingerprint density at radius 2 is 1.73 bits per heavy atom. The topological polar surface area (TPSA) is 34.1 Å². The molecule has 0 amide bonds. The van der Waals surface area contributed by atoms with E-state index in [1.165, 1.54) is 24.3 Å². The monoisotopic (exact) mass is 173 g/mol. The first-order valence-corrected chi connectivity index (χ1v) is 4.45. The van der Waals surface area contributed by atoms with Crippen molar-refractivity contribution in [2.75, 3.05) is 0 Å². The summed E-state index contributed by atoms with van der Waals surface area (Å²) in [5.74, 6) is 0. The van der Waals surface area contributed by atoms with E-state index in [1.807, 2.05) is 0 Å². The average molecular weight is 173 g/mol. The van der Waals surface area contributed by atoms with Crippen LogP contribution in [0.15, 0.2) is 35.2 Å². The Morgan fingerprint density at radius 1 is 1.18 bits per heavy atom. The van der Waals surface area contributed by atoms with Crippen LogP contribution in [0.5, 0.6) is 0 Å². The number of sulfone groups is 1. The largest absolute Gasteiger partial charge is 0.250 e. The van der Waals surface area contributed by atoms with Gasteiger partial charge in [-0.05, 0) is 12.1 Å². The van der Waals surface area contributed by atoms with Crippen molar-refractivity contribution in [2.45, 2.75) is 4.90 Å². The highest BCUT2D eigenvalue weighted by Crippen LogP contribution is 2.12. The maximum absolute atomic E-state index is 11.7. The summed E-state index contributed by atoms with van der Waals surface area (Å²) in [5.41, 5.74) is 0. The second kappa shape index (κ2) is 3.00. The lowest BCUT2D eigenvalue weighted by atomic mass is 10.4. The fraction of sp³-hybridized carbons (Fsp3) is 0. The van der Waals surface area contributed by atoms with Gasteiger partial charge in [0.2, 0.25) is 9.84 Å². The van der Waals surface area contributed by atoms with Crippen LogP contribution in [0.3, 0.4) is 0 Å². The molecule has 1 rings (SSSR count). The fourth-order valence-electron chi connectivity index (χ4n) is 0.662. The van der Waals surface area contributed by atoms with Gasteiger partial charge in [-0.1, -0.05) is 18.2 Å². The predicted octanol–water partition coefficient (Wildman–Crippen LogP) is 1.55. The second-order valence-corrected chi connectivity index (χ2v) is 3.69. The van der Waals surface area contributed by atoms with Crippen LogP contribution in [0.2, 0.25) is 0 Å². The first kappa shape index (κ1) is 8.20. The third-order valence-electron chi connectivity index (χ3n) is 1.19. The molecule has 0 spiro atoms. The van der Waals surface area contributed by atoms with Gasteiger partial charge in [0.25, 0.3) is 6.01 Å². The molecule has 0 atom stereocenters. The number of hydrogen-bond donors (Lipinski definition) is 0. The Balaban J connectivity index is 3.14. The Labute approximate surface area is 64.6 Å². The third-order valence-corrected chi connectivity index (χ3v) is 2.35. The summed E-state index contributed by atoms with van der Waals surface area (Å²) < 4.78 is 33.3. The summed E-state index contributed by atoms with van der Waals surface area (Å²) >= 11 is 0. The molecule has 0 saturated heterocycles. The van der Waals surface area contributed by atoms with E-state index < -0.39 is 9.84 Å². The number of halogens is 1. The van der Waals surface area contributed by atoms with Gasteiger partial charge in [0.15, 0.2) is 0 Å². The zero-order chi connectivity index (χ0) is 8.32. The van der Waals surface area contributed by atoms with E-state index >= 15 is 0 Å². The molecule has 0 saturated carbocycles. The molecule has 0 heterocycles. The molecule has 0 aliphatic rings. The third kappa shape index (κ3) is 1.77. The van der Waals surface area contributed by atoms with Crippen LogP contribution in [-0.4, -0.2) is 8.42 Å². The summed E-state index contributed by atoms with van der Waals surface area (Å²) in [6, 6.07) is 7.11. The van der Waals surface area contributed by atoms with Gasteiger partial charge in [-0.15, -0.1) is 0 Å². The first-order valence-electron chi connectivity index (χ1n) is 2.90. The molecule has 0 aliphatic carbocycles. The molecule has 0 unspecified atom stereocenters. The van der Waals surface area contributed by atoms with Crippen LogP contribution < -0.4 is 0 Å². The zero-order valence-electron chi connectivity index (χ0n) is 5.57. The minimum absolute atomic E-state index is 0.0255. The van der Waals surface area contributed by atoms with E-state index in [2.05, 4.69) is 0 Å². The maximum Gasteiger partial charge on any atom is 0.250 e. The molecule has 0 aromatic heterocycles. The highest BCUT2D eigenvalue weighted by atomic mass is 32.2. The summed E-state index contributed by atoms with van der Waals surface area (Å²) in [6.45, 7) is 0. The summed E-state index contributed by atoms with van der Waals surface area (Å²) in [6.07, 6.45) is 0. The minimum atomic E-state index is -3.79. The van der Waals surface area contributed by atoms with Crippen molar-refractivity contribution >= 4 is 9.84 Å². The van der Waals surface area contributed by atoms with Gasteiger partial charge in [0.1, 0.15) is 0 Å². The molecule has 0 aliphatic heterocycles. The van der Waals surface area contributed by atoms with E-state index in [4.69, 9.17) is 0 Å². The van der Waals surface area contributed by atoms with Gasteiger partial charge in [-0.25, -0.2) is 12.8 Å².